The first-order chi connectivity index (χ1) is 5.97. The van der Waals surface area contributed by atoms with E-state index in [-0.39, 0.29) is 5.54 Å². The first-order valence-electron chi connectivity index (χ1n) is 4.29. The van der Waals surface area contributed by atoms with Crippen molar-refractivity contribution in [3.63, 3.8) is 0 Å². The van der Waals surface area contributed by atoms with Crippen LogP contribution in [0.5, 0.6) is 0 Å². The molecule has 0 radical (unpaired) electrons. The molecule has 1 heterocycles. The highest BCUT2D eigenvalue weighted by Gasteiger charge is 2.09. The minimum absolute atomic E-state index is 0.223. The Balaban J connectivity index is 2.55. The molecular formula is C9H16N4. The molecule has 0 aliphatic heterocycles. The van der Waals surface area contributed by atoms with E-state index in [0.29, 0.717) is 6.54 Å². The van der Waals surface area contributed by atoms with Gasteiger partial charge in [0.1, 0.15) is 12.1 Å². The molecule has 0 spiro atoms. The van der Waals surface area contributed by atoms with Crippen LogP contribution >= 0.6 is 0 Å². The SMILES string of the molecule is Cc1cc(NCC(C)(C)N)ncn1. The average molecular weight is 180 g/mol. The molecule has 0 bridgehead atoms. The standard InChI is InChI=1S/C9H16N4/c1-7-4-8(13-6-12-7)11-5-9(2,3)10/h4,6H,5,10H2,1-3H3,(H,11,12,13). The lowest BCUT2D eigenvalue weighted by Crippen LogP contribution is -2.39. The van der Waals surface area contributed by atoms with Crippen LogP contribution in [0.4, 0.5) is 5.82 Å². The van der Waals surface area contributed by atoms with E-state index in [4.69, 9.17) is 5.73 Å². The second-order valence-electron chi connectivity index (χ2n) is 3.89. The van der Waals surface area contributed by atoms with Gasteiger partial charge in [0.05, 0.1) is 0 Å². The van der Waals surface area contributed by atoms with Gasteiger partial charge in [-0.25, -0.2) is 9.97 Å². The first kappa shape index (κ1) is 9.92. The van der Waals surface area contributed by atoms with Crippen LogP contribution < -0.4 is 11.1 Å². The number of rotatable bonds is 3. The Bertz CT molecular complexity index is 277. The van der Waals surface area contributed by atoms with Crippen LogP contribution in [0.2, 0.25) is 0 Å². The number of nitrogens with two attached hydrogens (primary N) is 1. The molecule has 4 heteroatoms. The van der Waals surface area contributed by atoms with Gasteiger partial charge < -0.3 is 11.1 Å². The second kappa shape index (κ2) is 3.70. The van der Waals surface area contributed by atoms with Crippen LogP contribution in [0.15, 0.2) is 12.4 Å². The summed E-state index contributed by atoms with van der Waals surface area (Å²) in [4.78, 5) is 8.07. The highest BCUT2D eigenvalue weighted by molar-refractivity contribution is 5.34. The molecule has 0 atom stereocenters. The van der Waals surface area contributed by atoms with Crippen molar-refractivity contribution in [2.45, 2.75) is 26.3 Å². The number of aryl methyl sites for hydroxylation is 1. The van der Waals surface area contributed by atoms with Crippen LogP contribution in [0.1, 0.15) is 19.5 Å². The Kier molecular flexibility index (Phi) is 2.83. The minimum atomic E-state index is -0.223. The zero-order valence-electron chi connectivity index (χ0n) is 8.33. The number of hydrogen-bond donors (Lipinski definition) is 2. The summed E-state index contributed by atoms with van der Waals surface area (Å²) in [6, 6.07) is 1.89. The average Bonchev–Trinajstić information content (AvgIpc) is 2.00. The number of hydrogen-bond acceptors (Lipinski definition) is 4. The molecule has 13 heavy (non-hydrogen) atoms. The number of nitrogens with one attached hydrogen (secondary N) is 1. The minimum Gasteiger partial charge on any atom is -0.368 e. The van der Waals surface area contributed by atoms with E-state index in [1.807, 2.05) is 26.8 Å². The van der Waals surface area contributed by atoms with Gasteiger partial charge in [-0.1, -0.05) is 0 Å². The molecule has 0 aliphatic rings. The largest absolute Gasteiger partial charge is 0.368 e. The summed E-state index contributed by atoms with van der Waals surface area (Å²) in [5.41, 5.74) is 6.54. The predicted molar refractivity (Wildman–Crippen MR) is 53.5 cm³/mol. The molecule has 1 aromatic rings. The van der Waals surface area contributed by atoms with Crippen LogP contribution in [0.3, 0.4) is 0 Å². The lowest BCUT2D eigenvalue weighted by atomic mass is 10.1. The van der Waals surface area contributed by atoms with Crippen molar-refractivity contribution in [1.82, 2.24) is 9.97 Å². The lowest BCUT2D eigenvalue weighted by Gasteiger charge is -2.19. The van der Waals surface area contributed by atoms with Crippen molar-refractivity contribution in [2.24, 2.45) is 5.73 Å². The topological polar surface area (TPSA) is 63.8 Å². The van der Waals surface area contributed by atoms with E-state index >= 15 is 0 Å². The van der Waals surface area contributed by atoms with Crippen LogP contribution in [0, 0.1) is 6.92 Å². The zero-order chi connectivity index (χ0) is 9.90. The van der Waals surface area contributed by atoms with Gasteiger partial charge in [-0.15, -0.1) is 0 Å². The fourth-order valence-electron chi connectivity index (χ4n) is 0.870. The lowest BCUT2D eigenvalue weighted by molar-refractivity contribution is 0.548. The van der Waals surface area contributed by atoms with Gasteiger partial charge in [-0.2, -0.15) is 0 Å². The molecule has 0 aliphatic carbocycles. The smallest absolute Gasteiger partial charge is 0.129 e. The number of nitrogens with zero attached hydrogens (tertiary/aromatic N) is 2. The normalized spacial score (nSPS) is 11.4. The van der Waals surface area contributed by atoms with E-state index in [1.54, 1.807) is 6.33 Å². The molecule has 0 unspecified atom stereocenters. The van der Waals surface area contributed by atoms with E-state index in [0.717, 1.165) is 11.5 Å². The van der Waals surface area contributed by atoms with Crippen molar-refractivity contribution in [3.05, 3.63) is 18.1 Å². The zero-order valence-corrected chi connectivity index (χ0v) is 8.33. The Labute approximate surface area is 78.6 Å². The molecule has 4 nitrogen and oxygen atoms in total. The van der Waals surface area contributed by atoms with Crippen LogP contribution in [-0.4, -0.2) is 22.1 Å². The molecule has 0 aromatic carbocycles. The molecule has 0 fully saturated rings. The molecule has 3 N–H and O–H groups in total. The highest BCUT2D eigenvalue weighted by atomic mass is 15.0. The van der Waals surface area contributed by atoms with Crippen molar-refractivity contribution < 1.29 is 0 Å². The van der Waals surface area contributed by atoms with E-state index in [1.165, 1.54) is 0 Å². The summed E-state index contributed by atoms with van der Waals surface area (Å²) in [5.74, 6) is 0.825. The monoisotopic (exact) mass is 180 g/mol. The van der Waals surface area contributed by atoms with E-state index < -0.39 is 0 Å². The first-order valence-corrected chi connectivity index (χ1v) is 4.29. The molecule has 0 amide bonds. The van der Waals surface area contributed by atoms with Crippen LogP contribution in [0.25, 0.3) is 0 Å². The summed E-state index contributed by atoms with van der Waals surface area (Å²) in [5, 5.41) is 3.15. The Morgan fingerprint density at radius 2 is 2.15 bits per heavy atom. The van der Waals surface area contributed by atoms with Gasteiger partial charge in [0, 0.05) is 23.8 Å². The summed E-state index contributed by atoms with van der Waals surface area (Å²) >= 11 is 0. The summed E-state index contributed by atoms with van der Waals surface area (Å²) < 4.78 is 0. The summed E-state index contributed by atoms with van der Waals surface area (Å²) in [6.45, 7) is 6.56. The Morgan fingerprint density at radius 3 is 2.69 bits per heavy atom. The predicted octanol–water partition coefficient (Wildman–Crippen LogP) is 0.934. The third-order valence-corrected chi connectivity index (χ3v) is 1.53. The number of anilines is 1. The molecule has 1 aromatic heterocycles. The van der Waals surface area contributed by atoms with Gasteiger partial charge in [0.2, 0.25) is 0 Å². The van der Waals surface area contributed by atoms with Crippen molar-refractivity contribution >= 4 is 5.82 Å². The van der Waals surface area contributed by atoms with Gasteiger partial charge in [0.15, 0.2) is 0 Å². The quantitative estimate of drug-likeness (QED) is 0.726. The maximum atomic E-state index is 5.82. The summed E-state index contributed by atoms with van der Waals surface area (Å²) in [6.07, 6.45) is 1.54. The molecule has 0 saturated heterocycles. The fourth-order valence-corrected chi connectivity index (χ4v) is 0.870. The second-order valence-corrected chi connectivity index (χ2v) is 3.89. The van der Waals surface area contributed by atoms with Crippen molar-refractivity contribution in [1.29, 1.82) is 0 Å². The van der Waals surface area contributed by atoms with Crippen molar-refractivity contribution in [3.8, 4) is 0 Å². The van der Waals surface area contributed by atoms with E-state index in [2.05, 4.69) is 15.3 Å². The Hall–Kier alpha value is -1.16. The van der Waals surface area contributed by atoms with Gasteiger partial charge in [0.25, 0.3) is 0 Å². The third-order valence-electron chi connectivity index (χ3n) is 1.53. The Morgan fingerprint density at radius 1 is 1.46 bits per heavy atom. The summed E-state index contributed by atoms with van der Waals surface area (Å²) in [7, 11) is 0. The van der Waals surface area contributed by atoms with E-state index in [9.17, 15) is 0 Å². The van der Waals surface area contributed by atoms with Gasteiger partial charge >= 0.3 is 0 Å². The molecule has 72 valence electrons. The maximum absolute atomic E-state index is 5.82. The van der Waals surface area contributed by atoms with Crippen molar-refractivity contribution in [2.75, 3.05) is 11.9 Å². The highest BCUT2D eigenvalue weighted by Crippen LogP contribution is 2.04. The molecule has 0 saturated carbocycles. The number of aromatic nitrogens is 2. The van der Waals surface area contributed by atoms with Gasteiger partial charge in [-0.3, -0.25) is 0 Å². The fraction of sp³-hybridized carbons (Fsp3) is 0.556. The maximum Gasteiger partial charge on any atom is 0.129 e. The molecule has 1 rings (SSSR count). The molecular weight excluding hydrogens is 164 g/mol. The van der Waals surface area contributed by atoms with Crippen LogP contribution in [-0.2, 0) is 0 Å². The third kappa shape index (κ3) is 3.85. The van der Waals surface area contributed by atoms with Gasteiger partial charge in [-0.05, 0) is 20.8 Å².